The Hall–Kier alpha value is -0.670. The van der Waals surface area contributed by atoms with Crippen molar-refractivity contribution in [2.75, 3.05) is 13.2 Å². The Bertz CT molecular complexity index is 845. The molecule has 9 atom stereocenters. The summed E-state index contributed by atoms with van der Waals surface area (Å²) in [5.41, 5.74) is 1.59. The summed E-state index contributed by atoms with van der Waals surface area (Å²) in [6, 6.07) is 0. The van der Waals surface area contributed by atoms with E-state index in [1.54, 1.807) is 0 Å². The number of ketones is 1. The van der Waals surface area contributed by atoms with E-state index in [0.29, 0.717) is 35.4 Å². The topological polar surface area (TPSA) is 57.5 Å². The Balaban J connectivity index is 1.55. The first-order valence-electron chi connectivity index (χ1n) is 13.8. The third-order valence-corrected chi connectivity index (χ3v) is 13.4. The smallest absolute Gasteiger partial charge is 0.138 e. The van der Waals surface area contributed by atoms with Crippen molar-refractivity contribution >= 4 is 5.78 Å². The van der Waals surface area contributed by atoms with Crippen LogP contribution >= 0.6 is 0 Å². The van der Waals surface area contributed by atoms with Gasteiger partial charge in [-0.05, 0) is 115 Å². The molecule has 0 radical (unpaired) electrons. The summed E-state index contributed by atoms with van der Waals surface area (Å²) >= 11 is 0. The highest BCUT2D eigenvalue weighted by atomic mass is 16.3. The summed E-state index contributed by atoms with van der Waals surface area (Å²) in [7, 11) is 0. The number of aliphatic hydroxyl groups excluding tert-OH is 2. The van der Waals surface area contributed by atoms with Crippen molar-refractivity contribution in [3.05, 3.63) is 12.2 Å². The van der Waals surface area contributed by atoms with Crippen LogP contribution in [0.4, 0.5) is 0 Å². The Morgan fingerprint density at radius 2 is 1.61 bits per heavy atom. The molecule has 0 heterocycles. The van der Waals surface area contributed by atoms with Gasteiger partial charge in [-0.15, -0.1) is 0 Å². The van der Waals surface area contributed by atoms with E-state index >= 15 is 0 Å². The molecule has 0 aromatic heterocycles. The number of Topliss-reactive ketones (excluding diaryl/α,β-unsaturated/α-hetero) is 1. The van der Waals surface area contributed by atoms with Crippen LogP contribution in [-0.2, 0) is 4.79 Å². The van der Waals surface area contributed by atoms with E-state index in [2.05, 4.69) is 41.2 Å². The Kier molecular flexibility index (Phi) is 5.40. The predicted molar refractivity (Wildman–Crippen MR) is 132 cm³/mol. The van der Waals surface area contributed by atoms with Crippen LogP contribution in [0.2, 0.25) is 0 Å². The molecular formula is C30H48O3. The maximum atomic E-state index is 12.9. The van der Waals surface area contributed by atoms with Gasteiger partial charge in [0, 0.05) is 18.4 Å². The molecular weight excluding hydrogens is 408 g/mol. The van der Waals surface area contributed by atoms with Crippen LogP contribution < -0.4 is 0 Å². The van der Waals surface area contributed by atoms with Crippen molar-refractivity contribution in [1.29, 1.82) is 0 Å². The Morgan fingerprint density at radius 3 is 2.27 bits per heavy atom. The van der Waals surface area contributed by atoms with E-state index in [1.807, 2.05) is 0 Å². The third kappa shape index (κ3) is 2.85. The van der Waals surface area contributed by atoms with E-state index in [1.165, 1.54) is 32.1 Å². The van der Waals surface area contributed by atoms with E-state index in [0.717, 1.165) is 37.7 Å². The molecule has 5 rings (SSSR count). The standard InChI is InChI=1S/C30H48O3/c1-19(17-31)20-9-14-30(18-32)16-15-28(5)21(25(20)30)7-8-23-27(4)12-11-24(33)26(2,3)22(27)10-13-29(23,28)6/h20-23,25,31-32H,1,7-18H2,2-6H3/t20-,21+,22-,23+,25+,27-,28+,29+,30+/m0/s1. The zero-order chi connectivity index (χ0) is 24.0. The average molecular weight is 457 g/mol. The van der Waals surface area contributed by atoms with Gasteiger partial charge in [0.25, 0.3) is 0 Å². The van der Waals surface area contributed by atoms with Crippen LogP contribution in [-0.4, -0.2) is 29.2 Å². The minimum absolute atomic E-state index is 0.0243. The lowest BCUT2D eigenvalue weighted by atomic mass is 9.32. The molecule has 5 fully saturated rings. The molecule has 0 amide bonds. The van der Waals surface area contributed by atoms with Gasteiger partial charge in [-0.1, -0.05) is 41.2 Å². The molecule has 5 saturated carbocycles. The van der Waals surface area contributed by atoms with Crippen molar-refractivity contribution in [3.8, 4) is 0 Å². The summed E-state index contributed by atoms with van der Waals surface area (Å²) in [5.74, 6) is 3.04. The van der Waals surface area contributed by atoms with Crippen molar-refractivity contribution < 1.29 is 15.0 Å². The minimum atomic E-state index is -0.194. The van der Waals surface area contributed by atoms with Gasteiger partial charge in [-0.3, -0.25) is 4.79 Å². The van der Waals surface area contributed by atoms with Gasteiger partial charge < -0.3 is 10.2 Å². The van der Waals surface area contributed by atoms with Crippen LogP contribution in [0.25, 0.3) is 0 Å². The Morgan fingerprint density at radius 1 is 0.879 bits per heavy atom. The molecule has 0 aromatic carbocycles. The molecule has 5 aliphatic rings. The van der Waals surface area contributed by atoms with E-state index in [9.17, 15) is 15.0 Å². The van der Waals surface area contributed by atoms with Crippen LogP contribution in [0.1, 0.15) is 98.8 Å². The molecule has 0 aliphatic heterocycles. The zero-order valence-electron chi connectivity index (χ0n) is 21.9. The van der Waals surface area contributed by atoms with Gasteiger partial charge in [-0.2, -0.15) is 0 Å². The molecule has 0 bridgehead atoms. The summed E-state index contributed by atoms with van der Waals surface area (Å²) in [4.78, 5) is 12.9. The molecule has 2 N–H and O–H groups in total. The van der Waals surface area contributed by atoms with E-state index < -0.39 is 0 Å². The lowest BCUT2D eigenvalue weighted by molar-refractivity contribution is -0.236. The average Bonchev–Trinajstić information content (AvgIpc) is 3.17. The lowest BCUT2D eigenvalue weighted by Crippen LogP contribution is -2.66. The SMILES string of the molecule is C=C(CO)[C@@H]1CC[C@]2(CO)CC[C@]3(C)[C@H](CC[C@@H]4[C@@]5(C)CCC(=O)C(C)(C)[C@@H]5CC[C@]43C)[C@@H]12. The molecule has 0 spiro atoms. The highest BCUT2D eigenvalue weighted by Gasteiger charge is 2.70. The summed E-state index contributed by atoms with van der Waals surface area (Å²) in [6.07, 6.45) is 11.2. The number of hydrogen-bond donors (Lipinski definition) is 2. The van der Waals surface area contributed by atoms with Gasteiger partial charge in [-0.25, -0.2) is 0 Å². The second kappa shape index (κ2) is 7.42. The number of rotatable bonds is 3. The van der Waals surface area contributed by atoms with E-state index in [-0.39, 0.29) is 40.3 Å². The first kappa shape index (κ1) is 24.0. The van der Waals surface area contributed by atoms with Gasteiger partial charge in [0.15, 0.2) is 0 Å². The van der Waals surface area contributed by atoms with Crippen LogP contribution in [0, 0.1) is 56.7 Å². The number of fused-ring (bicyclic) bond motifs is 7. The minimum Gasteiger partial charge on any atom is -0.396 e. The van der Waals surface area contributed by atoms with E-state index in [4.69, 9.17) is 0 Å². The maximum absolute atomic E-state index is 12.9. The first-order valence-corrected chi connectivity index (χ1v) is 13.8. The van der Waals surface area contributed by atoms with Gasteiger partial charge >= 0.3 is 0 Å². The first-order chi connectivity index (χ1) is 15.4. The zero-order valence-corrected chi connectivity index (χ0v) is 21.9. The third-order valence-electron chi connectivity index (χ3n) is 13.4. The van der Waals surface area contributed by atoms with Crippen molar-refractivity contribution in [1.82, 2.24) is 0 Å². The summed E-state index contributed by atoms with van der Waals surface area (Å²) < 4.78 is 0. The predicted octanol–water partition coefficient (Wildman–Crippen LogP) is 6.18. The summed E-state index contributed by atoms with van der Waals surface area (Å²) in [6.45, 7) is 16.9. The fraction of sp³-hybridized carbons (Fsp3) is 0.900. The second-order valence-corrected chi connectivity index (χ2v) is 14.3. The highest BCUT2D eigenvalue weighted by Crippen LogP contribution is 2.77. The number of hydrogen-bond acceptors (Lipinski definition) is 3. The fourth-order valence-corrected chi connectivity index (χ4v) is 11.4. The molecule has 5 aliphatic carbocycles. The Labute approximate surface area is 201 Å². The second-order valence-electron chi connectivity index (χ2n) is 14.3. The van der Waals surface area contributed by atoms with Crippen LogP contribution in [0.5, 0.6) is 0 Å². The molecule has 186 valence electrons. The van der Waals surface area contributed by atoms with Gasteiger partial charge in [0.2, 0.25) is 0 Å². The van der Waals surface area contributed by atoms with Crippen molar-refractivity contribution in [2.45, 2.75) is 98.8 Å². The lowest BCUT2D eigenvalue weighted by Gasteiger charge is -2.72. The largest absolute Gasteiger partial charge is 0.396 e. The highest BCUT2D eigenvalue weighted by molar-refractivity contribution is 5.85. The number of carbonyl (C=O) groups excluding carboxylic acids is 1. The van der Waals surface area contributed by atoms with Gasteiger partial charge in [0.05, 0.1) is 6.61 Å². The number of carbonyl (C=O) groups is 1. The molecule has 3 heteroatoms. The maximum Gasteiger partial charge on any atom is 0.138 e. The van der Waals surface area contributed by atoms with Crippen molar-refractivity contribution in [3.63, 3.8) is 0 Å². The monoisotopic (exact) mass is 456 g/mol. The fourth-order valence-electron chi connectivity index (χ4n) is 11.4. The molecule has 0 aromatic rings. The van der Waals surface area contributed by atoms with Gasteiger partial charge in [0.1, 0.15) is 5.78 Å². The molecule has 0 saturated heterocycles. The summed E-state index contributed by atoms with van der Waals surface area (Å²) in [5, 5.41) is 20.6. The van der Waals surface area contributed by atoms with Crippen LogP contribution in [0.15, 0.2) is 12.2 Å². The molecule has 33 heavy (non-hydrogen) atoms. The normalized spacial score (nSPS) is 52.9. The molecule has 0 unspecified atom stereocenters. The van der Waals surface area contributed by atoms with Crippen molar-refractivity contribution in [2.24, 2.45) is 56.7 Å². The number of aliphatic hydroxyl groups is 2. The quantitative estimate of drug-likeness (QED) is 0.499. The molecule has 3 nitrogen and oxygen atoms in total. The van der Waals surface area contributed by atoms with Crippen LogP contribution in [0.3, 0.4) is 0 Å².